The molecule has 2 unspecified atom stereocenters. The Hall–Kier alpha value is -1.58. The molecule has 0 aliphatic carbocycles. The predicted molar refractivity (Wildman–Crippen MR) is 90.0 cm³/mol. The smallest absolute Gasteiger partial charge is 0.407 e. The summed E-state index contributed by atoms with van der Waals surface area (Å²) in [5.74, 6) is 0.387. The van der Waals surface area contributed by atoms with Crippen LogP contribution in [0.4, 0.5) is 9.18 Å². The summed E-state index contributed by atoms with van der Waals surface area (Å²) < 4.78 is 12.9. The zero-order valence-corrected chi connectivity index (χ0v) is 14.4. The number of halogens is 1. The van der Waals surface area contributed by atoms with Gasteiger partial charge in [0.05, 0.1) is 0 Å². The summed E-state index contributed by atoms with van der Waals surface area (Å²) in [6.45, 7) is 7.00. The third-order valence-electron chi connectivity index (χ3n) is 4.95. The molecular formula is C19H28FNO2. The summed E-state index contributed by atoms with van der Waals surface area (Å²) in [5.41, 5.74) is 1.13. The van der Waals surface area contributed by atoms with Crippen molar-refractivity contribution in [2.24, 2.45) is 11.3 Å². The van der Waals surface area contributed by atoms with Crippen molar-refractivity contribution in [2.75, 3.05) is 6.54 Å². The fraction of sp³-hybridized carbons (Fsp3) is 0.632. The van der Waals surface area contributed by atoms with Crippen molar-refractivity contribution in [2.45, 2.75) is 58.9 Å². The first-order valence-corrected chi connectivity index (χ1v) is 8.51. The van der Waals surface area contributed by atoms with Crippen molar-refractivity contribution >= 4 is 6.09 Å². The topological polar surface area (TPSA) is 40.5 Å². The summed E-state index contributed by atoms with van der Waals surface area (Å²) >= 11 is 0. The van der Waals surface area contributed by atoms with Crippen LogP contribution in [-0.4, -0.2) is 28.7 Å². The molecule has 0 saturated carbocycles. The van der Waals surface area contributed by atoms with Crippen LogP contribution in [-0.2, 0) is 6.42 Å². The van der Waals surface area contributed by atoms with Crippen molar-refractivity contribution in [3.05, 3.63) is 35.6 Å². The van der Waals surface area contributed by atoms with Crippen molar-refractivity contribution < 1.29 is 14.3 Å². The highest BCUT2D eigenvalue weighted by Crippen LogP contribution is 2.36. The van der Waals surface area contributed by atoms with Gasteiger partial charge in [0.25, 0.3) is 0 Å². The van der Waals surface area contributed by atoms with E-state index in [9.17, 15) is 14.3 Å². The molecule has 0 radical (unpaired) electrons. The fourth-order valence-corrected chi connectivity index (χ4v) is 3.60. The molecule has 1 amide bonds. The SMILES string of the molecule is CC(C)(C)C1CC(CCCc2ccc(F)cc2)CCN1C(=O)O. The zero-order chi connectivity index (χ0) is 17.0. The third-order valence-corrected chi connectivity index (χ3v) is 4.95. The minimum Gasteiger partial charge on any atom is -0.465 e. The van der Waals surface area contributed by atoms with Gasteiger partial charge in [-0.3, -0.25) is 0 Å². The maximum absolute atomic E-state index is 12.9. The van der Waals surface area contributed by atoms with Gasteiger partial charge in [-0.15, -0.1) is 0 Å². The molecule has 0 aromatic heterocycles. The first kappa shape index (κ1) is 17.8. The number of rotatable bonds is 4. The molecule has 3 nitrogen and oxygen atoms in total. The predicted octanol–water partition coefficient (Wildman–Crippen LogP) is 4.95. The lowest BCUT2D eigenvalue weighted by Gasteiger charge is -2.44. The maximum atomic E-state index is 12.9. The number of carbonyl (C=O) groups is 1. The highest BCUT2D eigenvalue weighted by molar-refractivity contribution is 5.65. The molecule has 1 heterocycles. The minimum atomic E-state index is -0.797. The van der Waals surface area contributed by atoms with Gasteiger partial charge in [0.1, 0.15) is 5.82 Å². The van der Waals surface area contributed by atoms with Gasteiger partial charge in [0, 0.05) is 12.6 Å². The lowest BCUT2D eigenvalue weighted by atomic mass is 9.76. The van der Waals surface area contributed by atoms with Crippen LogP contribution >= 0.6 is 0 Å². The van der Waals surface area contributed by atoms with E-state index in [4.69, 9.17) is 0 Å². The van der Waals surface area contributed by atoms with Crippen molar-refractivity contribution in [1.29, 1.82) is 0 Å². The highest BCUT2D eigenvalue weighted by atomic mass is 19.1. The van der Waals surface area contributed by atoms with Crippen LogP contribution in [0.2, 0.25) is 0 Å². The normalized spacial score (nSPS) is 22.2. The summed E-state index contributed by atoms with van der Waals surface area (Å²) in [6.07, 6.45) is 4.23. The summed E-state index contributed by atoms with van der Waals surface area (Å²) in [6, 6.07) is 6.80. The molecule has 1 aliphatic rings. The lowest BCUT2D eigenvalue weighted by molar-refractivity contribution is 0.0387. The van der Waals surface area contributed by atoms with Crippen LogP contribution in [0.1, 0.15) is 52.0 Å². The van der Waals surface area contributed by atoms with Gasteiger partial charge in [-0.2, -0.15) is 0 Å². The Labute approximate surface area is 138 Å². The van der Waals surface area contributed by atoms with E-state index in [2.05, 4.69) is 20.8 Å². The minimum absolute atomic E-state index is 0.0337. The van der Waals surface area contributed by atoms with Crippen molar-refractivity contribution in [1.82, 2.24) is 4.90 Å². The first-order chi connectivity index (χ1) is 10.8. The number of benzene rings is 1. The van der Waals surface area contributed by atoms with E-state index in [1.165, 1.54) is 17.7 Å². The van der Waals surface area contributed by atoms with Crippen LogP contribution < -0.4 is 0 Å². The number of nitrogens with zero attached hydrogens (tertiary/aromatic N) is 1. The molecule has 128 valence electrons. The lowest BCUT2D eigenvalue weighted by Crippen LogP contribution is -2.51. The van der Waals surface area contributed by atoms with Crippen molar-refractivity contribution in [3.8, 4) is 0 Å². The Morgan fingerprint density at radius 2 is 1.96 bits per heavy atom. The number of piperidine rings is 1. The fourth-order valence-electron chi connectivity index (χ4n) is 3.60. The number of carboxylic acid groups (broad SMARTS) is 1. The van der Waals surface area contributed by atoms with Crippen LogP contribution in [0.5, 0.6) is 0 Å². The second-order valence-electron chi connectivity index (χ2n) is 7.77. The van der Waals surface area contributed by atoms with E-state index in [0.717, 1.165) is 32.1 Å². The van der Waals surface area contributed by atoms with E-state index < -0.39 is 6.09 Å². The van der Waals surface area contributed by atoms with Crippen LogP contribution in [0.15, 0.2) is 24.3 Å². The van der Waals surface area contributed by atoms with Crippen LogP contribution in [0.25, 0.3) is 0 Å². The van der Waals surface area contributed by atoms with Crippen LogP contribution in [0, 0.1) is 17.2 Å². The Morgan fingerprint density at radius 3 is 2.52 bits per heavy atom. The van der Waals surface area contributed by atoms with Crippen molar-refractivity contribution in [3.63, 3.8) is 0 Å². The molecule has 1 fully saturated rings. The molecule has 1 saturated heterocycles. The van der Waals surface area contributed by atoms with Gasteiger partial charge in [-0.1, -0.05) is 32.9 Å². The molecule has 4 heteroatoms. The van der Waals surface area contributed by atoms with Gasteiger partial charge in [-0.05, 0) is 61.1 Å². The van der Waals surface area contributed by atoms with E-state index in [0.29, 0.717) is 12.5 Å². The third kappa shape index (κ3) is 4.95. The molecule has 2 rings (SSSR count). The van der Waals surface area contributed by atoms with E-state index >= 15 is 0 Å². The number of likely N-dealkylation sites (tertiary alicyclic amines) is 1. The monoisotopic (exact) mass is 321 g/mol. The van der Waals surface area contributed by atoms with Gasteiger partial charge >= 0.3 is 6.09 Å². The quantitative estimate of drug-likeness (QED) is 0.852. The molecule has 0 bridgehead atoms. The Bertz CT molecular complexity index is 521. The Balaban J connectivity index is 1.87. The number of aryl methyl sites for hydroxylation is 1. The number of hydrogen-bond acceptors (Lipinski definition) is 1. The largest absolute Gasteiger partial charge is 0.465 e. The second-order valence-corrected chi connectivity index (χ2v) is 7.77. The Morgan fingerprint density at radius 1 is 1.30 bits per heavy atom. The molecule has 0 spiro atoms. The Kier molecular flexibility index (Phi) is 5.66. The molecule has 1 aromatic carbocycles. The van der Waals surface area contributed by atoms with Gasteiger partial charge in [0.2, 0.25) is 0 Å². The maximum Gasteiger partial charge on any atom is 0.407 e. The van der Waals surface area contributed by atoms with E-state index in [1.807, 2.05) is 12.1 Å². The van der Waals surface area contributed by atoms with Gasteiger partial charge in [0.15, 0.2) is 0 Å². The first-order valence-electron chi connectivity index (χ1n) is 8.51. The number of amides is 1. The van der Waals surface area contributed by atoms with E-state index in [1.54, 1.807) is 4.90 Å². The van der Waals surface area contributed by atoms with Gasteiger partial charge < -0.3 is 10.0 Å². The average molecular weight is 321 g/mol. The molecule has 1 aliphatic heterocycles. The molecule has 1 N–H and O–H groups in total. The molecule has 1 aromatic rings. The van der Waals surface area contributed by atoms with Crippen LogP contribution in [0.3, 0.4) is 0 Å². The summed E-state index contributed by atoms with van der Waals surface area (Å²) in [4.78, 5) is 13.1. The second kappa shape index (κ2) is 7.33. The zero-order valence-electron chi connectivity index (χ0n) is 14.4. The summed E-state index contributed by atoms with van der Waals surface area (Å²) in [5, 5.41) is 9.40. The molecule has 23 heavy (non-hydrogen) atoms. The highest BCUT2D eigenvalue weighted by Gasteiger charge is 2.38. The number of hydrogen-bond donors (Lipinski definition) is 1. The van der Waals surface area contributed by atoms with Gasteiger partial charge in [-0.25, -0.2) is 9.18 Å². The summed E-state index contributed by atoms with van der Waals surface area (Å²) in [7, 11) is 0. The molecular weight excluding hydrogens is 293 g/mol. The van der Waals surface area contributed by atoms with E-state index in [-0.39, 0.29) is 17.3 Å². The average Bonchev–Trinajstić information content (AvgIpc) is 2.48. The standard InChI is InChI=1S/C19H28FNO2/c1-19(2,3)17-13-15(11-12-21(17)18(22)23)6-4-5-14-7-9-16(20)10-8-14/h7-10,15,17H,4-6,11-13H2,1-3H3,(H,22,23). The molecule has 2 atom stereocenters.